The molecule has 0 aliphatic heterocycles. The summed E-state index contributed by atoms with van der Waals surface area (Å²) in [5.41, 5.74) is 10.4. The van der Waals surface area contributed by atoms with Gasteiger partial charge in [0.2, 0.25) is 0 Å². The van der Waals surface area contributed by atoms with E-state index in [4.69, 9.17) is 5.73 Å². The predicted octanol–water partition coefficient (Wildman–Crippen LogP) is 3.98. The SMILES string of the molecule is Cc1cccc(CN(C)c2cc(Br)ccc2N)c1. The minimum absolute atomic E-state index is 0.799. The first kappa shape index (κ1) is 13.0. The molecule has 0 saturated heterocycles. The van der Waals surface area contributed by atoms with E-state index in [1.807, 2.05) is 18.2 Å². The molecule has 0 aliphatic rings. The van der Waals surface area contributed by atoms with Crippen LogP contribution in [0.4, 0.5) is 11.4 Å². The van der Waals surface area contributed by atoms with Gasteiger partial charge in [-0.1, -0.05) is 45.8 Å². The number of anilines is 2. The Morgan fingerprint density at radius 1 is 1.17 bits per heavy atom. The maximum atomic E-state index is 6.01. The van der Waals surface area contributed by atoms with Crippen LogP contribution < -0.4 is 10.6 Å². The van der Waals surface area contributed by atoms with Crippen LogP contribution in [0, 0.1) is 6.92 Å². The van der Waals surface area contributed by atoms with Gasteiger partial charge >= 0.3 is 0 Å². The standard InChI is InChI=1S/C15H17BrN2/c1-11-4-3-5-12(8-11)10-18(2)15-9-13(16)6-7-14(15)17/h3-9H,10,17H2,1-2H3. The molecule has 0 atom stereocenters. The van der Waals surface area contributed by atoms with Crippen LogP contribution in [-0.2, 0) is 6.54 Å². The summed E-state index contributed by atoms with van der Waals surface area (Å²) in [6.45, 7) is 2.96. The van der Waals surface area contributed by atoms with Gasteiger partial charge < -0.3 is 10.6 Å². The van der Waals surface area contributed by atoms with Crippen LogP contribution >= 0.6 is 15.9 Å². The second-order valence-corrected chi connectivity index (χ2v) is 5.46. The van der Waals surface area contributed by atoms with Gasteiger partial charge in [-0.2, -0.15) is 0 Å². The van der Waals surface area contributed by atoms with Crippen LogP contribution in [0.15, 0.2) is 46.9 Å². The van der Waals surface area contributed by atoms with Gasteiger partial charge in [-0.25, -0.2) is 0 Å². The van der Waals surface area contributed by atoms with Gasteiger partial charge in [-0.15, -0.1) is 0 Å². The van der Waals surface area contributed by atoms with Gasteiger partial charge in [0.1, 0.15) is 0 Å². The van der Waals surface area contributed by atoms with Crippen molar-refractivity contribution in [1.29, 1.82) is 0 Å². The summed E-state index contributed by atoms with van der Waals surface area (Å²) in [6, 6.07) is 14.5. The maximum absolute atomic E-state index is 6.01. The fourth-order valence-electron chi connectivity index (χ4n) is 2.02. The molecule has 2 aromatic carbocycles. The van der Waals surface area contributed by atoms with E-state index in [1.165, 1.54) is 11.1 Å². The van der Waals surface area contributed by atoms with E-state index in [2.05, 4.69) is 59.1 Å². The highest BCUT2D eigenvalue weighted by Crippen LogP contribution is 2.27. The quantitative estimate of drug-likeness (QED) is 0.869. The monoisotopic (exact) mass is 304 g/mol. The number of nitrogens with two attached hydrogens (primary N) is 1. The average molecular weight is 305 g/mol. The summed E-state index contributed by atoms with van der Waals surface area (Å²) in [5.74, 6) is 0. The van der Waals surface area contributed by atoms with Crippen molar-refractivity contribution in [2.75, 3.05) is 17.7 Å². The zero-order valence-electron chi connectivity index (χ0n) is 10.7. The van der Waals surface area contributed by atoms with Gasteiger partial charge in [-0.3, -0.25) is 0 Å². The molecular formula is C15H17BrN2. The number of nitrogen functional groups attached to an aromatic ring is 1. The number of rotatable bonds is 3. The van der Waals surface area contributed by atoms with Gasteiger partial charge in [-0.05, 0) is 30.7 Å². The van der Waals surface area contributed by atoms with Crippen LogP contribution in [0.25, 0.3) is 0 Å². The lowest BCUT2D eigenvalue weighted by Gasteiger charge is -2.21. The third kappa shape index (κ3) is 3.05. The van der Waals surface area contributed by atoms with Gasteiger partial charge in [0.25, 0.3) is 0 Å². The second kappa shape index (κ2) is 5.44. The molecule has 94 valence electrons. The lowest BCUT2D eigenvalue weighted by Crippen LogP contribution is -2.17. The largest absolute Gasteiger partial charge is 0.397 e. The molecule has 2 nitrogen and oxygen atoms in total. The molecule has 0 amide bonds. The van der Waals surface area contributed by atoms with E-state index >= 15 is 0 Å². The zero-order chi connectivity index (χ0) is 13.1. The van der Waals surface area contributed by atoms with Crippen molar-refractivity contribution in [1.82, 2.24) is 0 Å². The number of benzene rings is 2. The van der Waals surface area contributed by atoms with Crippen LogP contribution in [-0.4, -0.2) is 7.05 Å². The molecule has 0 fully saturated rings. The third-order valence-corrected chi connectivity index (χ3v) is 3.40. The average Bonchev–Trinajstić information content (AvgIpc) is 2.32. The normalized spacial score (nSPS) is 10.4. The highest BCUT2D eigenvalue weighted by Gasteiger charge is 2.06. The zero-order valence-corrected chi connectivity index (χ0v) is 12.2. The lowest BCUT2D eigenvalue weighted by molar-refractivity contribution is 0.922. The van der Waals surface area contributed by atoms with E-state index in [9.17, 15) is 0 Å². The predicted molar refractivity (Wildman–Crippen MR) is 81.8 cm³/mol. The summed E-state index contributed by atoms with van der Waals surface area (Å²) in [5, 5.41) is 0. The Morgan fingerprint density at radius 3 is 2.67 bits per heavy atom. The summed E-state index contributed by atoms with van der Waals surface area (Å²) in [7, 11) is 2.06. The van der Waals surface area contributed by atoms with Gasteiger partial charge in [0, 0.05) is 18.1 Å². The molecule has 0 radical (unpaired) electrons. The first-order valence-electron chi connectivity index (χ1n) is 5.88. The number of halogens is 1. The Labute approximate surface area is 117 Å². The minimum atomic E-state index is 0.799. The summed E-state index contributed by atoms with van der Waals surface area (Å²) >= 11 is 3.48. The van der Waals surface area contributed by atoms with E-state index in [0.29, 0.717) is 0 Å². The molecule has 2 N–H and O–H groups in total. The Bertz CT molecular complexity index is 552. The Morgan fingerprint density at radius 2 is 1.94 bits per heavy atom. The van der Waals surface area contributed by atoms with Gasteiger partial charge in [0.15, 0.2) is 0 Å². The molecule has 0 heterocycles. The van der Waals surface area contributed by atoms with E-state index in [1.54, 1.807) is 0 Å². The van der Waals surface area contributed by atoms with Crippen molar-refractivity contribution in [2.24, 2.45) is 0 Å². The summed E-state index contributed by atoms with van der Waals surface area (Å²) in [6.07, 6.45) is 0. The number of hydrogen-bond donors (Lipinski definition) is 1. The Kier molecular flexibility index (Phi) is 3.92. The van der Waals surface area contributed by atoms with Crippen molar-refractivity contribution in [2.45, 2.75) is 13.5 Å². The smallest absolute Gasteiger partial charge is 0.0611 e. The Balaban J connectivity index is 2.21. The summed E-state index contributed by atoms with van der Waals surface area (Å²) < 4.78 is 1.04. The van der Waals surface area contributed by atoms with Crippen molar-refractivity contribution < 1.29 is 0 Å². The van der Waals surface area contributed by atoms with E-state index in [0.717, 1.165) is 22.4 Å². The highest BCUT2D eigenvalue weighted by molar-refractivity contribution is 9.10. The molecule has 18 heavy (non-hydrogen) atoms. The Hall–Kier alpha value is -1.48. The molecule has 0 aliphatic carbocycles. The second-order valence-electron chi connectivity index (χ2n) is 4.55. The molecule has 0 spiro atoms. The minimum Gasteiger partial charge on any atom is -0.397 e. The van der Waals surface area contributed by atoms with Crippen LogP contribution in [0.3, 0.4) is 0 Å². The van der Waals surface area contributed by atoms with Crippen molar-refractivity contribution in [3.63, 3.8) is 0 Å². The van der Waals surface area contributed by atoms with Crippen LogP contribution in [0.1, 0.15) is 11.1 Å². The van der Waals surface area contributed by atoms with E-state index in [-0.39, 0.29) is 0 Å². The first-order chi connectivity index (χ1) is 8.56. The van der Waals surface area contributed by atoms with Gasteiger partial charge in [0.05, 0.1) is 11.4 Å². The fraction of sp³-hybridized carbons (Fsp3) is 0.200. The third-order valence-electron chi connectivity index (χ3n) is 2.91. The van der Waals surface area contributed by atoms with Crippen molar-refractivity contribution >= 4 is 27.3 Å². The number of aryl methyl sites for hydroxylation is 1. The fourth-order valence-corrected chi connectivity index (χ4v) is 2.37. The molecule has 3 heteroatoms. The number of nitrogens with zero attached hydrogens (tertiary/aromatic N) is 1. The maximum Gasteiger partial charge on any atom is 0.0611 e. The number of hydrogen-bond acceptors (Lipinski definition) is 2. The molecule has 0 aromatic heterocycles. The highest BCUT2D eigenvalue weighted by atomic mass is 79.9. The molecule has 0 bridgehead atoms. The lowest BCUT2D eigenvalue weighted by atomic mass is 10.1. The topological polar surface area (TPSA) is 29.3 Å². The first-order valence-corrected chi connectivity index (χ1v) is 6.67. The van der Waals surface area contributed by atoms with Crippen molar-refractivity contribution in [3.8, 4) is 0 Å². The van der Waals surface area contributed by atoms with Crippen molar-refractivity contribution in [3.05, 3.63) is 58.1 Å². The van der Waals surface area contributed by atoms with E-state index < -0.39 is 0 Å². The molecule has 0 unspecified atom stereocenters. The van der Waals surface area contributed by atoms with Crippen LogP contribution in [0.2, 0.25) is 0 Å². The molecular weight excluding hydrogens is 288 g/mol. The molecule has 0 saturated carbocycles. The van der Waals surface area contributed by atoms with Crippen LogP contribution in [0.5, 0.6) is 0 Å². The molecule has 2 rings (SSSR count). The molecule has 2 aromatic rings. The summed E-state index contributed by atoms with van der Waals surface area (Å²) in [4.78, 5) is 2.16.